The fraction of sp³-hybridized carbons (Fsp3) is 0.895. The lowest BCUT2D eigenvalue weighted by Gasteiger charge is -2.38. The molecule has 2 rings (SSSR count). The van der Waals surface area contributed by atoms with Gasteiger partial charge in [-0.2, -0.15) is 0 Å². The summed E-state index contributed by atoms with van der Waals surface area (Å²) in [5, 5.41) is 0. The van der Waals surface area contributed by atoms with Gasteiger partial charge in [0.2, 0.25) is 5.78 Å². The van der Waals surface area contributed by atoms with E-state index in [2.05, 4.69) is 20.8 Å². The summed E-state index contributed by atoms with van der Waals surface area (Å²) in [6.07, 6.45) is 10.3. The smallest absolute Gasteiger partial charge is 0.375 e. The molecule has 2 aliphatic carbocycles. The molecule has 0 heterocycles. The van der Waals surface area contributed by atoms with Gasteiger partial charge in [-0.3, -0.25) is 4.79 Å². The largest absolute Gasteiger partial charge is 0.457 e. The molecule has 0 radical (unpaired) electrons. The van der Waals surface area contributed by atoms with E-state index in [1.54, 1.807) is 0 Å². The topological polar surface area (TPSA) is 43.4 Å². The third-order valence-corrected chi connectivity index (χ3v) is 6.14. The van der Waals surface area contributed by atoms with Crippen molar-refractivity contribution in [2.75, 3.05) is 0 Å². The Labute approximate surface area is 135 Å². The van der Waals surface area contributed by atoms with Crippen LogP contribution in [0, 0.1) is 17.3 Å². The van der Waals surface area contributed by atoms with Crippen LogP contribution < -0.4 is 0 Å². The van der Waals surface area contributed by atoms with E-state index in [0.29, 0.717) is 11.3 Å². The molecule has 0 amide bonds. The van der Waals surface area contributed by atoms with Crippen molar-refractivity contribution in [1.82, 2.24) is 0 Å². The predicted molar refractivity (Wildman–Crippen MR) is 87.5 cm³/mol. The molecule has 22 heavy (non-hydrogen) atoms. The normalized spacial score (nSPS) is 27.4. The Balaban J connectivity index is 1.80. The summed E-state index contributed by atoms with van der Waals surface area (Å²) in [5.74, 6) is -0.251. The number of esters is 1. The van der Waals surface area contributed by atoms with E-state index in [1.165, 1.54) is 12.8 Å². The molecule has 0 unspecified atom stereocenters. The van der Waals surface area contributed by atoms with Crippen molar-refractivity contribution in [1.29, 1.82) is 0 Å². The summed E-state index contributed by atoms with van der Waals surface area (Å²) in [6.45, 7) is 6.87. The first-order valence-corrected chi connectivity index (χ1v) is 9.19. The van der Waals surface area contributed by atoms with Crippen LogP contribution in [0.25, 0.3) is 0 Å². The molecule has 3 heteroatoms. The molecule has 0 aromatic rings. The highest BCUT2D eigenvalue weighted by molar-refractivity contribution is 6.34. The summed E-state index contributed by atoms with van der Waals surface area (Å²) >= 11 is 0. The highest BCUT2D eigenvalue weighted by Gasteiger charge is 2.36. The van der Waals surface area contributed by atoms with Gasteiger partial charge in [0.25, 0.3) is 0 Å². The molecule has 126 valence electrons. The first kappa shape index (κ1) is 17.5. The van der Waals surface area contributed by atoms with E-state index in [1.807, 2.05) is 0 Å². The predicted octanol–water partition coefficient (Wildman–Crippen LogP) is 4.67. The van der Waals surface area contributed by atoms with Crippen molar-refractivity contribution in [2.24, 2.45) is 17.3 Å². The monoisotopic (exact) mass is 308 g/mol. The first-order valence-electron chi connectivity index (χ1n) is 9.19. The zero-order valence-corrected chi connectivity index (χ0v) is 14.5. The lowest BCUT2D eigenvalue weighted by Crippen LogP contribution is -2.35. The summed E-state index contributed by atoms with van der Waals surface area (Å²) < 4.78 is 5.43. The molecule has 0 spiro atoms. The van der Waals surface area contributed by atoms with Crippen LogP contribution >= 0.6 is 0 Å². The lowest BCUT2D eigenvalue weighted by molar-refractivity contribution is -0.161. The number of carbonyl (C=O) groups is 2. The van der Waals surface area contributed by atoms with Gasteiger partial charge in [0, 0.05) is 5.92 Å². The average molecular weight is 308 g/mol. The van der Waals surface area contributed by atoms with Crippen LogP contribution in [0.3, 0.4) is 0 Å². The van der Waals surface area contributed by atoms with Crippen LogP contribution in [0.2, 0.25) is 0 Å². The van der Waals surface area contributed by atoms with Gasteiger partial charge < -0.3 is 4.74 Å². The average Bonchev–Trinajstić information content (AvgIpc) is 2.55. The Morgan fingerprint density at radius 3 is 2.09 bits per heavy atom. The zero-order chi connectivity index (χ0) is 16.2. The molecular formula is C19H32O3. The summed E-state index contributed by atoms with van der Waals surface area (Å²) in [6, 6.07) is 0. The second-order valence-electron chi connectivity index (χ2n) is 7.92. The molecule has 0 aliphatic heterocycles. The van der Waals surface area contributed by atoms with Gasteiger partial charge in [-0.1, -0.05) is 33.6 Å². The number of carbonyl (C=O) groups excluding carboxylic acids is 2. The Morgan fingerprint density at radius 1 is 0.955 bits per heavy atom. The summed E-state index contributed by atoms with van der Waals surface area (Å²) in [4.78, 5) is 24.4. The van der Waals surface area contributed by atoms with E-state index in [4.69, 9.17) is 4.74 Å². The van der Waals surface area contributed by atoms with Gasteiger partial charge >= 0.3 is 5.97 Å². The van der Waals surface area contributed by atoms with Gasteiger partial charge in [-0.05, 0) is 62.7 Å². The second-order valence-corrected chi connectivity index (χ2v) is 7.92. The van der Waals surface area contributed by atoms with Crippen LogP contribution in [-0.4, -0.2) is 17.9 Å². The van der Waals surface area contributed by atoms with Crippen molar-refractivity contribution in [3.8, 4) is 0 Å². The lowest BCUT2D eigenvalue weighted by atomic mass is 9.67. The number of hydrogen-bond acceptors (Lipinski definition) is 3. The Hall–Kier alpha value is -0.860. The van der Waals surface area contributed by atoms with Crippen LogP contribution in [0.1, 0.15) is 85.0 Å². The Morgan fingerprint density at radius 2 is 1.55 bits per heavy atom. The van der Waals surface area contributed by atoms with Gasteiger partial charge in [0.1, 0.15) is 6.10 Å². The first-order chi connectivity index (χ1) is 10.4. The molecule has 0 bridgehead atoms. The number of rotatable bonds is 5. The van der Waals surface area contributed by atoms with Crippen LogP contribution in [-0.2, 0) is 14.3 Å². The van der Waals surface area contributed by atoms with Crippen LogP contribution in [0.5, 0.6) is 0 Å². The van der Waals surface area contributed by atoms with E-state index in [-0.39, 0.29) is 17.8 Å². The minimum atomic E-state index is -0.565. The number of Topliss-reactive ketones (excluding diaryl/α,β-unsaturated/α-hetero) is 1. The van der Waals surface area contributed by atoms with E-state index in [9.17, 15) is 9.59 Å². The molecule has 2 aliphatic rings. The molecule has 3 nitrogen and oxygen atoms in total. The third-order valence-electron chi connectivity index (χ3n) is 6.14. The molecule has 0 aromatic heterocycles. The van der Waals surface area contributed by atoms with Gasteiger partial charge in [-0.15, -0.1) is 0 Å². The van der Waals surface area contributed by atoms with Crippen molar-refractivity contribution >= 4 is 11.8 Å². The number of ketones is 1. The minimum Gasteiger partial charge on any atom is -0.457 e. The van der Waals surface area contributed by atoms with Crippen molar-refractivity contribution in [3.05, 3.63) is 0 Å². The molecule has 2 saturated carbocycles. The number of hydrogen-bond donors (Lipinski definition) is 0. The molecule has 0 saturated heterocycles. The standard InChI is InChI=1S/C19H32O3/c1-4-19(2,3)15-12-10-14(11-13-15)17(20)18(21)22-16-8-6-5-7-9-16/h14-16H,4-13H2,1-3H3. The molecule has 0 atom stereocenters. The van der Waals surface area contributed by atoms with Crippen molar-refractivity contribution in [3.63, 3.8) is 0 Å². The fourth-order valence-corrected chi connectivity index (χ4v) is 3.98. The highest BCUT2D eigenvalue weighted by atomic mass is 16.5. The van der Waals surface area contributed by atoms with E-state index in [0.717, 1.165) is 51.4 Å². The van der Waals surface area contributed by atoms with Crippen LogP contribution in [0.4, 0.5) is 0 Å². The zero-order valence-electron chi connectivity index (χ0n) is 14.5. The Bertz CT molecular complexity index is 385. The Kier molecular flexibility index (Phi) is 6.05. The van der Waals surface area contributed by atoms with Gasteiger partial charge in [-0.25, -0.2) is 4.79 Å². The van der Waals surface area contributed by atoms with Gasteiger partial charge in [0.05, 0.1) is 0 Å². The number of ether oxygens (including phenoxy) is 1. The van der Waals surface area contributed by atoms with Crippen molar-refractivity contribution in [2.45, 2.75) is 91.1 Å². The SMILES string of the molecule is CCC(C)(C)C1CCC(C(=O)C(=O)OC2CCCCC2)CC1. The van der Waals surface area contributed by atoms with Crippen LogP contribution in [0.15, 0.2) is 0 Å². The van der Waals surface area contributed by atoms with Crippen molar-refractivity contribution < 1.29 is 14.3 Å². The maximum atomic E-state index is 12.3. The highest BCUT2D eigenvalue weighted by Crippen LogP contribution is 2.42. The molecule has 0 N–H and O–H groups in total. The third kappa shape index (κ3) is 4.33. The quantitative estimate of drug-likeness (QED) is 0.547. The maximum absolute atomic E-state index is 12.3. The van der Waals surface area contributed by atoms with Gasteiger partial charge in [0.15, 0.2) is 0 Å². The van der Waals surface area contributed by atoms with E-state index < -0.39 is 5.97 Å². The minimum absolute atomic E-state index is 0.0134. The summed E-state index contributed by atoms with van der Waals surface area (Å²) in [7, 11) is 0. The molecule has 0 aromatic carbocycles. The van der Waals surface area contributed by atoms with E-state index >= 15 is 0 Å². The maximum Gasteiger partial charge on any atom is 0.375 e. The molecule has 2 fully saturated rings. The summed E-state index contributed by atoms with van der Waals surface area (Å²) in [5.41, 5.74) is 0.344. The molecular weight excluding hydrogens is 276 g/mol. The second kappa shape index (κ2) is 7.61. The fourth-order valence-electron chi connectivity index (χ4n) is 3.98.